The average molecular weight is 376 g/mol. The molecule has 0 spiro atoms. The monoisotopic (exact) mass is 376 g/mol. The molecule has 0 aliphatic carbocycles. The zero-order valence-electron chi connectivity index (χ0n) is 16.4. The van der Waals surface area contributed by atoms with E-state index in [4.69, 9.17) is 9.15 Å². The van der Waals surface area contributed by atoms with Gasteiger partial charge >= 0.3 is 0 Å². The number of hydrogen-bond donors (Lipinski definition) is 0. The van der Waals surface area contributed by atoms with Crippen molar-refractivity contribution in [2.24, 2.45) is 0 Å². The summed E-state index contributed by atoms with van der Waals surface area (Å²) >= 11 is 0. The number of nitrogens with zero attached hydrogens (tertiary/aromatic N) is 2. The molecule has 0 saturated carbocycles. The quantitative estimate of drug-likeness (QED) is 0.672. The van der Waals surface area contributed by atoms with Crippen molar-refractivity contribution in [1.29, 1.82) is 0 Å². The van der Waals surface area contributed by atoms with E-state index in [-0.39, 0.29) is 18.1 Å². The lowest BCUT2D eigenvalue weighted by Crippen LogP contribution is -2.48. The van der Waals surface area contributed by atoms with Crippen molar-refractivity contribution in [3.05, 3.63) is 65.9 Å². The van der Waals surface area contributed by atoms with E-state index in [1.807, 2.05) is 74.2 Å². The third kappa shape index (κ3) is 3.71. The molecule has 5 nitrogen and oxygen atoms in total. The highest BCUT2D eigenvalue weighted by Gasteiger charge is 2.28. The normalized spacial score (nSPS) is 19.6. The van der Waals surface area contributed by atoms with Crippen molar-refractivity contribution >= 4 is 5.91 Å². The van der Waals surface area contributed by atoms with Gasteiger partial charge < -0.3 is 14.1 Å². The molecule has 2 atom stereocenters. The molecule has 1 aromatic heterocycles. The Morgan fingerprint density at radius 3 is 2.43 bits per heavy atom. The van der Waals surface area contributed by atoms with E-state index >= 15 is 0 Å². The Hall–Kier alpha value is -2.92. The molecule has 2 aromatic carbocycles. The molecule has 0 N–H and O–H groups in total. The van der Waals surface area contributed by atoms with Gasteiger partial charge in [-0.05, 0) is 32.9 Å². The lowest BCUT2D eigenvalue weighted by Gasteiger charge is -2.35. The maximum atomic E-state index is 13.2. The number of morpholine rings is 1. The molecule has 2 heterocycles. The fraction of sp³-hybridized carbons (Fsp3) is 0.304. The van der Waals surface area contributed by atoms with Crippen molar-refractivity contribution < 1.29 is 13.9 Å². The van der Waals surface area contributed by atoms with Gasteiger partial charge in [0.05, 0.1) is 24.0 Å². The number of carbonyl (C=O) groups is 1. The summed E-state index contributed by atoms with van der Waals surface area (Å²) in [5.41, 5.74) is 3.45. The smallest absolute Gasteiger partial charge is 0.254 e. The van der Waals surface area contributed by atoms with E-state index in [9.17, 15) is 4.79 Å². The van der Waals surface area contributed by atoms with E-state index in [1.54, 1.807) is 6.20 Å². The Labute approximate surface area is 165 Å². The van der Waals surface area contributed by atoms with Crippen LogP contribution in [0.25, 0.3) is 22.8 Å². The minimum Gasteiger partial charge on any atom is -0.436 e. The molecule has 1 saturated heterocycles. The Bertz CT molecular complexity index is 968. The zero-order chi connectivity index (χ0) is 19.7. The highest BCUT2D eigenvalue weighted by Crippen LogP contribution is 2.29. The third-order valence-corrected chi connectivity index (χ3v) is 4.94. The lowest BCUT2D eigenvalue weighted by atomic mass is 10.1. The van der Waals surface area contributed by atoms with Crippen molar-refractivity contribution in [3.8, 4) is 22.8 Å². The van der Waals surface area contributed by atoms with Crippen molar-refractivity contribution in [3.63, 3.8) is 0 Å². The molecule has 4 rings (SSSR count). The fourth-order valence-corrected chi connectivity index (χ4v) is 3.62. The number of aryl methyl sites for hydroxylation is 1. The SMILES string of the molecule is Cc1ccc(-c2cnc(-c3ccccc3C(=O)N3C[C@H](C)O[C@@H](C)C3)o2)cc1. The predicted molar refractivity (Wildman–Crippen MR) is 108 cm³/mol. The number of aromatic nitrogens is 1. The van der Waals surface area contributed by atoms with Crippen LogP contribution >= 0.6 is 0 Å². The van der Waals surface area contributed by atoms with Crippen molar-refractivity contribution in [2.45, 2.75) is 33.0 Å². The Morgan fingerprint density at radius 2 is 1.71 bits per heavy atom. The summed E-state index contributed by atoms with van der Waals surface area (Å²) in [5, 5.41) is 0. The van der Waals surface area contributed by atoms with Crippen LogP contribution in [0.4, 0.5) is 0 Å². The van der Waals surface area contributed by atoms with Gasteiger partial charge in [-0.1, -0.05) is 42.0 Å². The summed E-state index contributed by atoms with van der Waals surface area (Å²) in [6.07, 6.45) is 1.75. The third-order valence-electron chi connectivity index (χ3n) is 4.94. The van der Waals surface area contributed by atoms with Gasteiger partial charge in [0, 0.05) is 24.2 Å². The van der Waals surface area contributed by atoms with E-state index in [0.29, 0.717) is 35.9 Å². The van der Waals surface area contributed by atoms with Gasteiger partial charge in [0.15, 0.2) is 5.76 Å². The minimum absolute atomic E-state index is 0.0207. The molecule has 0 bridgehead atoms. The highest BCUT2D eigenvalue weighted by molar-refractivity contribution is 6.00. The van der Waals surface area contributed by atoms with E-state index in [0.717, 1.165) is 5.56 Å². The van der Waals surface area contributed by atoms with Crippen LogP contribution in [-0.4, -0.2) is 41.1 Å². The first-order valence-electron chi connectivity index (χ1n) is 9.58. The van der Waals surface area contributed by atoms with Gasteiger partial charge in [-0.15, -0.1) is 0 Å². The molecule has 1 fully saturated rings. The Balaban J connectivity index is 1.65. The number of benzene rings is 2. The minimum atomic E-state index is -0.0207. The van der Waals surface area contributed by atoms with Crippen molar-refractivity contribution in [1.82, 2.24) is 9.88 Å². The Kier molecular flexibility index (Phi) is 5.01. The van der Waals surface area contributed by atoms with Crippen LogP contribution in [-0.2, 0) is 4.74 Å². The van der Waals surface area contributed by atoms with Gasteiger partial charge in [0.25, 0.3) is 5.91 Å². The maximum absolute atomic E-state index is 13.2. The van der Waals surface area contributed by atoms with Gasteiger partial charge in [0.2, 0.25) is 5.89 Å². The first kappa shape index (κ1) is 18.4. The molecule has 1 amide bonds. The zero-order valence-corrected chi connectivity index (χ0v) is 16.4. The molecule has 28 heavy (non-hydrogen) atoms. The molecule has 3 aromatic rings. The van der Waals surface area contributed by atoms with E-state index < -0.39 is 0 Å². The van der Waals surface area contributed by atoms with Crippen LogP contribution in [0, 0.1) is 6.92 Å². The van der Waals surface area contributed by atoms with Gasteiger partial charge in [-0.25, -0.2) is 4.98 Å². The highest BCUT2D eigenvalue weighted by atomic mass is 16.5. The molecular formula is C23H24N2O3. The predicted octanol–water partition coefficient (Wildman–Crippen LogP) is 4.57. The second-order valence-electron chi connectivity index (χ2n) is 7.41. The first-order valence-corrected chi connectivity index (χ1v) is 9.58. The van der Waals surface area contributed by atoms with Crippen LogP contribution in [0.3, 0.4) is 0 Å². The van der Waals surface area contributed by atoms with Crippen LogP contribution in [0.1, 0.15) is 29.8 Å². The first-order chi connectivity index (χ1) is 13.5. The second-order valence-corrected chi connectivity index (χ2v) is 7.41. The number of hydrogen-bond acceptors (Lipinski definition) is 4. The van der Waals surface area contributed by atoms with Crippen LogP contribution in [0.15, 0.2) is 59.1 Å². The van der Waals surface area contributed by atoms with Crippen molar-refractivity contribution in [2.75, 3.05) is 13.1 Å². The summed E-state index contributed by atoms with van der Waals surface area (Å²) in [4.78, 5) is 19.5. The number of ether oxygens (including phenoxy) is 1. The average Bonchev–Trinajstić information content (AvgIpc) is 3.17. The number of oxazole rings is 1. The molecular weight excluding hydrogens is 352 g/mol. The van der Waals surface area contributed by atoms with Gasteiger partial charge in [-0.2, -0.15) is 0 Å². The summed E-state index contributed by atoms with van der Waals surface area (Å²) in [7, 11) is 0. The number of carbonyl (C=O) groups excluding carboxylic acids is 1. The molecule has 0 unspecified atom stereocenters. The maximum Gasteiger partial charge on any atom is 0.254 e. The molecule has 1 aliphatic rings. The topological polar surface area (TPSA) is 55.6 Å². The molecule has 0 radical (unpaired) electrons. The number of rotatable bonds is 3. The van der Waals surface area contributed by atoms with Gasteiger partial charge in [0.1, 0.15) is 0 Å². The molecule has 144 valence electrons. The number of amides is 1. The van der Waals surface area contributed by atoms with E-state index in [2.05, 4.69) is 4.98 Å². The summed E-state index contributed by atoms with van der Waals surface area (Å²) < 4.78 is 11.8. The standard InChI is InChI=1S/C23H24N2O3/c1-15-8-10-18(11-9-15)21-12-24-22(28-21)19-6-4-5-7-20(19)23(26)25-13-16(2)27-17(3)14-25/h4-12,16-17H,13-14H2,1-3H3/t16-,17-/m0/s1. The second kappa shape index (κ2) is 7.60. The summed E-state index contributed by atoms with van der Waals surface area (Å²) in [6.45, 7) is 7.19. The van der Waals surface area contributed by atoms with Gasteiger partial charge in [-0.3, -0.25) is 4.79 Å². The van der Waals surface area contributed by atoms with Crippen LogP contribution in [0.5, 0.6) is 0 Å². The Morgan fingerprint density at radius 1 is 1.04 bits per heavy atom. The summed E-state index contributed by atoms with van der Waals surface area (Å²) in [6, 6.07) is 15.6. The lowest BCUT2D eigenvalue weighted by molar-refractivity contribution is -0.0586. The van der Waals surface area contributed by atoms with Crippen LogP contribution in [0.2, 0.25) is 0 Å². The fourth-order valence-electron chi connectivity index (χ4n) is 3.62. The largest absolute Gasteiger partial charge is 0.436 e. The molecule has 1 aliphatic heterocycles. The summed E-state index contributed by atoms with van der Waals surface area (Å²) in [5.74, 6) is 1.12. The van der Waals surface area contributed by atoms with Crippen LogP contribution < -0.4 is 0 Å². The van der Waals surface area contributed by atoms with E-state index in [1.165, 1.54) is 5.56 Å². The molecule has 5 heteroatoms.